The van der Waals surface area contributed by atoms with E-state index in [4.69, 9.17) is 9.47 Å². The highest BCUT2D eigenvalue weighted by Crippen LogP contribution is 3.10. The lowest BCUT2D eigenvalue weighted by Crippen LogP contribution is -3.10. The van der Waals surface area contributed by atoms with Crippen LogP contribution in [-0.4, -0.2) is 47.5 Å². The highest BCUT2D eigenvalue weighted by atomic mass is 16.6. The maximum Gasteiger partial charge on any atom is 0.410 e. The molecule has 6 nitrogen and oxygen atoms in total. The van der Waals surface area contributed by atoms with E-state index in [1.54, 1.807) is 4.90 Å². The summed E-state index contributed by atoms with van der Waals surface area (Å²) in [5.74, 6) is 3.77. The van der Waals surface area contributed by atoms with Crippen molar-refractivity contribution >= 4 is 18.3 Å². The molecule has 1 aliphatic heterocycles. The van der Waals surface area contributed by atoms with Gasteiger partial charge in [-0.15, -0.1) is 0 Å². The maximum atomic E-state index is 13.3. The molecule has 0 aromatic heterocycles. The van der Waals surface area contributed by atoms with Crippen LogP contribution in [0.4, 0.5) is 4.79 Å². The zero-order chi connectivity index (χ0) is 22.3. The second-order valence-corrected chi connectivity index (χ2v) is 13.2. The fraction of sp³-hybridized carbons (Fsp3) is 0.880. The zero-order valence-electron chi connectivity index (χ0n) is 19.5. The minimum Gasteiger partial charge on any atom is -0.460 e. The number of hydrogen-bond acceptors (Lipinski definition) is 5. The second-order valence-electron chi connectivity index (χ2n) is 13.2. The molecule has 7 fully saturated rings. The van der Waals surface area contributed by atoms with Gasteiger partial charge in [0.25, 0.3) is 0 Å². The van der Waals surface area contributed by atoms with Gasteiger partial charge in [0.15, 0.2) is 0 Å². The van der Waals surface area contributed by atoms with E-state index in [1.807, 2.05) is 41.5 Å². The first-order valence-corrected chi connectivity index (χ1v) is 12.0. The molecule has 4 unspecified atom stereocenters. The number of esters is 1. The van der Waals surface area contributed by atoms with Crippen molar-refractivity contribution in [3.63, 3.8) is 0 Å². The van der Waals surface area contributed by atoms with Crippen LogP contribution in [0, 0.1) is 58.2 Å². The molecule has 1 amide bonds. The van der Waals surface area contributed by atoms with Crippen LogP contribution in [0.2, 0.25) is 0 Å². The molecule has 6 heteroatoms. The molecule has 7 aliphatic rings. The van der Waals surface area contributed by atoms with Crippen molar-refractivity contribution in [2.24, 2.45) is 58.2 Å². The third-order valence-corrected chi connectivity index (χ3v) is 9.79. The van der Waals surface area contributed by atoms with Crippen LogP contribution in [0.5, 0.6) is 0 Å². The summed E-state index contributed by atoms with van der Waals surface area (Å²) in [6.07, 6.45) is 2.60. The smallest absolute Gasteiger partial charge is 0.410 e. The summed E-state index contributed by atoms with van der Waals surface area (Å²) in [4.78, 5) is 39.6. The summed E-state index contributed by atoms with van der Waals surface area (Å²) >= 11 is 0. The third-order valence-electron chi connectivity index (χ3n) is 9.79. The Morgan fingerprint density at radius 3 is 2.19 bits per heavy atom. The van der Waals surface area contributed by atoms with Gasteiger partial charge in [0.1, 0.15) is 17.5 Å². The minimum absolute atomic E-state index is 0.0131. The van der Waals surface area contributed by atoms with Gasteiger partial charge in [-0.2, -0.15) is 0 Å². The standard InChI is InChI=1S/C25H35NO5/c1-22(2,3)30-20(28)13(12-7-8-26(10-12)21(29)31-23(4,5)6)9-24-16-14-17-15(16)19(24)25(17,11-27)18(14)24/h11-19H,7-10H2,1-6H3/t12-,13-,14?,15?,16?,17?,18?,19?,24?,25?/m0/s1. The van der Waals surface area contributed by atoms with Gasteiger partial charge >= 0.3 is 12.1 Å². The molecule has 170 valence electrons. The molecule has 1 saturated heterocycles. The van der Waals surface area contributed by atoms with E-state index in [0.29, 0.717) is 30.8 Å². The quantitative estimate of drug-likeness (QED) is 0.494. The highest BCUT2D eigenvalue weighted by molar-refractivity contribution is 5.79. The molecule has 0 aromatic carbocycles. The van der Waals surface area contributed by atoms with Crippen molar-refractivity contribution in [2.45, 2.75) is 65.6 Å². The third kappa shape index (κ3) is 2.09. The number of hydrogen-bond donors (Lipinski definition) is 0. The molecule has 0 radical (unpaired) electrons. The predicted molar refractivity (Wildman–Crippen MR) is 112 cm³/mol. The van der Waals surface area contributed by atoms with Crippen LogP contribution in [0.3, 0.4) is 0 Å². The molecular weight excluding hydrogens is 394 g/mol. The Morgan fingerprint density at radius 2 is 1.65 bits per heavy atom. The summed E-state index contributed by atoms with van der Waals surface area (Å²) in [6, 6.07) is 0. The summed E-state index contributed by atoms with van der Waals surface area (Å²) in [5, 5.41) is 0. The van der Waals surface area contributed by atoms with Gasteiger partial charge in [-0.25, -0.2) is 4.79 Å². The van der Waals surface area contributed by atoms with Crippen LogP contribution in [-0.2, 0) is 19.1 Å². The Hall–Kier alpha value is -1.59. The summed E-state index contributed by atoms with van der Waals surface area (Å²) < 4.78 is 11.4. The number of amides is 1. The van der Waals surface area contributed by atoms with Crippen molar-refractivity contribution in [1.82, 2.24) is 4.90 Å². The molecule has 6 aliphatic carbocycles. The Labute approximate surface area is 184 Å². The lowest BCUT2D eigenvalue weighted by Gasteiger charge is -3.11. The zero-order valence-corrected chi connectivity index (χ0v) is 19.5. The maximum absolute atomic E-state index is 13.3. The largest absolute Gasteiger partial charge is 0.460 e. The van der Waals surface area contributed by atoms with Crippen molar-refractivity contribution < 1.29 is 23.9 Å². The van der Waals surface area contributed by atoms with Crippen molar-refractivity contribution in [2.75, 3.05) is 13.1 Å². The lowest BCUT2D eigenvalue weighted by atomic mass is 8.92. The number of carbonyl (C=O) groups is 3. The predicted octanol–water partition coefficient (Wildman–Crippen LogP) is 3.53. The van der Waals surface area contributed by atoms with E-state index in [0.717, 1.165) is 30.6 Å². The normalized spacial score (nSPS) is 48.2. The van der Waals surface area contributed by atoms with E-state index < -0.39 is 11.2 Å². The first kappa shape index (κ1) is 20.0. The Kier molecular flexibility index (Phi) is 3.54. The van der Waals surface area contributed by atoms with Crippen LogP contribution in [0.25, 0.3) is 0 Å². The van der Waals surface area contributed by atoms with Crippen molar-refractivity contribution in [1.29, 1.82) is 0 Å². The Balaban J connectivity index is 1.19. The summed E-state index contributed by atoms with van der Waals surface area (Å²) in [5.41, 5.74) is -0.862. The minimum atomic E-state index is -0.533. The SMILES string of the molecule is CC(C)(C)OC(=O)[C@@H](CC12C3C4C5C3C1C5(C=O)C42)[C@H]1CCN(C(=O)OC(C)(C)C)C1. The Bertz CT molecular complexity index is 861. The fourth-order valence-electron chi connectivity index (χ4n) is 9.41. The molecule has 0 spiro atoms. The van der Waals surface area contributed by atoms with Gasteiger partial charge in [0.2, 0.25) is 0 Å². The van der Waals surface area contributed by atoms with E-state index >= 15 is 0 Å². The Morgan fingerprint density at radius 1 is 1.03 bits per heavy atom. The summed E-state index contributed by atoms with van der Waals surface area (Å²) in [6.45, 7) is 12.5. The molecule has 6 atom stereocenters. The van der Waals surface area contributed by atoms with E-state index in [2.05, 4.69) is 0 Å². The molecule has 1 heterocycles. The van der Waals surface area contributed by atoms with Gasteiger partial charge < -0.3 is 19.2 Å². The molecule has 0 N–H and O–H groups in total. The number of aldehydes is 1. The lowest BCUT2D eigenvalue weighted by molar-refractivity contribution is -0.642. The second kappa shape index (κ2) is 5.48. The van der Waals surface area contributed by atoms with E-state index in [1.165, 1.54) is 6.29 Å². The number of rotatable bonds is 5. The van der Waals surface area contributed by atoms with Crippen LogP contribution < -0.4 is 0 Å². The molecule has 0 aromatic rings. The van der Waals surface area contributed by atoms with Crippen molar-refractivity contribution in [3.8, 4) is 0 Å². The average molecular weight is 430 g/mol. The average Bonchev–Trinajstić information content (AvgIpc) is 3.13. The number of nitrogens with zero attached hydrogens (tertiary/aromatic N) is 1. The van der Waals surface area contributed by atoms with Crippen LogP contribution in [0.15, 0.2) is 0 Å². The summed E-state index contributed by atoms with van der Waals surface area (Å²) in [7, 11) is 0. The monoisotopic (exact) mass is 429 g/mol. The number of ether oxygens (including phenoxy) is 2. The number of carbonyl (C=O) groups excluding carboxylic acids is 3. The van der Waals surface area contributed by atoms with Gasteiger partial charge in [0, 0.05) is 18.5 Å². The molecule has 31 heavy (non-hydrogen) atoms. The van der Waals surface area contributed by atoms with Gasteiger partial charge in [-0.1, -0.05) is 0 Å². The molecule has 6 saturated carbocycles. The van der Waals surface area contributed by atoms with Crippen LogP contribution in [0.1, 0.15) is 54.4 Å². The van der Waals surface area contributed by atoms with Crippen LogP contribution >= 0.6 is 0 Å². The molecule has 0 bridgehead atoms. The van der Waals surface area contributed by atoms with Crippen molar-refractivity contribution in [3.05, 3.63) is 0 Å². The molecular formula is C25H35NO5. The topological polar surface area (TPSA) is 72.9 Å². The first-order chi connectivity index (χ1) is 14.4. The highest BCUT2D eigenvalue weighted by Gasteiger charge is 3.09. The fourth-order valence-corrected chi connectivity index (χ4v) is 9.41. The first-order valence-electron chi connectivity index (χ1n) is 12.0. The number of likely N-dealkylation sites (tertiary alicyclic amines) is 1. The molecule has 7 rings (SSSR count). The van der Waals surface area contributed by atoms with Gasteiger partial charge in [-0.3, -0.25) is 4.79 Å². The van der Waals surface area contributed by atoms with E-state index in [-0.39, 0.29) is 34.7 Å². The van der Waals surface area contributed by atoms with Gasteiger partial charge in [0.05, 0.1) is 5.92 Å². The van der Waals surface area contributed by atoms with E-state index in [9.17, 15) is 14.4 Å². The van der Waals surface area contributed by atoms with Gasteiger partial charge in [-0.05, 0) is 101 Å².